The number of ether oxygens (including phenoxy) is 2. The van der Waals surface area contributed by atoms with Crippen LogP contribution in [0.3, 0.4) is 0 Å². The molecule has 6 nitrogen and oxygen atoms in total. The van der Waals surface area contributed by atoms with Crippen LogP contribution in [0, 0.1) is 0 Å². The summed E-state index contributed by atoms with van der Waals surface area (Å²) in [6, 6.07) is 7.05. The topological polar surface area (TPSA) is 84.9 Å². The van der Waals surface area contributed by atoms with Gasteiger partial charge in [-0.3, -0.25) is 4.79 Å². The van der Waals surface area contributed by atoms with Crippen molar-refractivity contribution in [3.05, 3.63) is 46.9 Å². The van der Waals surface area contributed by atoms with Crippen LogP contribution < -0.4 is 10.1 Å². The van der Waals surface area contributed by atoms with E-state index in [2.05, 4.69) is 5.32 Å². The molecular weight excluding hydrogens is 274 g/mol. The first-order chi connectivity index (χ1) is 10.1. The Morgan fingerprint density at radius 3 is 2.86 bits per heavy atom. The van der Waals surface area contributed by atoms with E-state index in [1.165, 1.54) is 0 Å². The van der Waals surface area contributed by atoms with Gasteiger partial charge in [0.2, 0.25) is 0 Å². The highest BCUT2D eigenvalue weighted by atomic mass is 16.5. The molecule has 2 rings (SSSR count). The van der Waals surface area contributed by atoms with Crippen LogP contribution in [0.25, 0.3) is 6.08 Å². The zero-order valence-corrected chi connectivity index (χ0v) is 11.7. The maximum Gasteiger partial charge on any atom is 0.347 e. The van der Waals surface area contributed by atoms with Gasteiger partial charge in [0, 0.05) is 0 Å². The Kier molecular flexibility index (Phi) is 4.27. The lowest BCUT2D eigenvalue weighted by molar-refractivity contribution is -0.140. The molecule has 0 radical (unpaired) electrons. The SMILES string of the molecule is CCOC(=O)C1=C(O)/C(=C\c2cccc(OC)c2)NC1=O. The van der Waals surface area contributed by atoms with Gasteiger partial charge in [-0.25, -0.2) is 4.79 Å². The van der Waals surface area contributed by atoms with Crippen molar-refractivity contribution in [1.82, 2.24) is 5.32 Å². The number of nitrogens with one attached hydrogen (secondary N) is 1. The van der Waals surface area contributed by atoms with Crippen molar-refractivity contribution in [1.29, 1.82) is 0 Å². The van der Waals surface area contributed by atoms with E-state index in [-0.39, 0.29) is 17.9 Å². The highest BCUT2D eigenvalue weighted by Gasteiger charge is 2.33. The quantitative estimate of drug-likeness (QED) is 0.649. The zero-order chi connectivity index (χ0) is 15.4. The van der Waals surface area contributed by atoms with E-state index in [1.807, 2.05) is 0 Å². The van der Waals surface area contributed by atoms with Crippen LogP contribution in [0.2, 0.25) is 0 Å². The minimum absolute atomic E-state index is 0.123. The Balaban J connectivity index is 2.34. The van der Waals surface area contributed by atoms with Gasteiger partial charge in [0.15, 0.2) is 11.3 Å². The van der Waals surface area contributed by atoms with E-state index in [9.17, 15) is 14.7 Å². The second kappa shape index (κ2) is 6.13. The third-order valence-electron chi connectivity index (χ3n) is 2.85. The number of benzene rings is 1. The standard InChI is InChI=1S/C15H15NO5/c1-3-21-15(19)12-13(17)11(16-14(12)18)8-9-5-4-6-10(7-9)20-2/h4-8,17H,3H2,1-2H3,(H,16,18)/b11-8+. The van der Waals surface area contributed by atoms with Crippen molar-refractivity contribution in [2.24, 2.45) is 0 Å². The average molecular weight is 289 g/mol. The average Bonchev–Trinajstić information content (AvgIpc) is 2.74. The maximum absolute atomic E-state index is 11.7. The monoisotopic (exact) mass is 289 g/mol. The van der Waals surface area contributed by atoms with Gasteiger partial charge in [0.1, 0.15) is 5.75 Å². The minimum Gasteiger partial charge on any atom is -0.505 e. The predicted molar refractivity (Wildman–Crippen MR) is 75.4 cm³/mol. The third kappa shape index (κ3) is 3.05. The summed E-state index contributed by atoms with van der Waals surface area (Å²) in [5.41, 5.74) is 0.476. The fourth-order valence-corrected chi connectivity index (χ4v) is 1.88. The van der Waals surface area contributed by atoms with Crippen LogP contribution in [0.5, 0.6) is 5.75 Å². The second-order valence-electron chi connectivity index (χ2n) is 4.23. The molecule has 1 aromatic carbocycles. The van der Waals surface area contributed by atoms with Gasteiger partial charge in [0.25, 0.3) is 5.91 Å². The Morgan fingerprint density at radius 1 is 1.43 bits per heavy atom. The summed E-state index contributed by atoms with van der Waals surface area (Å²) in [5, 5.41) is 12.4. The van der Waals surface area contributed by atoms with Crippen molar-refractivity contribution >= 4 is 18.0 Å². The minimum atomic E-state index is -0.846. The molecule has 21 heavy (non-hydrogen) atoms. The highest BCUT2D eigenvalue weighted by molar-refractivity contribution is 6.20. The molecule has 1 aromatic rings. The lowest BCUT2D eigenvalue weighted by Crippen LogP contribution is -2.21. The summed E-state index contributed by atoms with van der Waals surface area (Å²) < 4.78 is 9.83. The maximum atomic E-state index is 11.7. The van der Waals surface area contributed by atoms with Gasteiger partial charge in [-0.15, -0.1) is 0 Å². The molecular formula is C15H15NO5. The van der Waals surface area contributed by atoms with E-state index in [1.54, 1.807) is 44.4 Å². The summed E-state index contributed by atoms with van der Waals surface area (Å²) in [6.45, 7) is 1.74. The first kappa shape index (κ1) is 14.6. The first-order valence-corrected chi connectivity index (χ1v) is 6.34. The predicted octanol–water partition coefficient (Wildman–Crippen LogP) is 1.54. The second-order valence-corrected chi connectivity index (χ2v) is 4.23. The van der Waals surface area contributed by atoms with E-state index in [0.29, 0.717) is 11.3 Å². The van der Waals surface area contributed by atoms with Gasteiger partial charge in [-0.2, -0.15) is 0 Å². The zero-order valence-electron chi connectivity index (χ0n) is 11.7. The van der Waals surface area contributed by atoms with Crippen LogP contribution in [0.4, 0.5) is 0 Å². The number of carbonyl (C=O) groups excluding carboxylic acids is 2. The molecule has 1 aliphatic heterocycles. The van der Waals surface area contributed by atoms with E-state index in [0.717, 1.165) is 0 Å². The lowest BCUT2D eigenvalue weighted by Gasteiger charge is -2.02. The number of carbonyl (C=O) groups is 2. The van der Waals surface area contributed by atoms with Gasteiger partial charge in [0.05, 0.1) is 19.4 Å². The van der Waals surface area contributed by atoms with Gasteiger partial charge in [-0.05, 0) is 30.7 Å². The smallest absolute Gasteiger partial charge is 0.347 e. The van der Waals surface area contributed by atoms with Gasteiger partial charge >= 0.3 is 5.97 Å². The summed E-state index contributed by atoms with van der Waals surface area (Å²) >= 11 is 0. The number of aliphatic hydroxyl groups excluding tert-OH is 1. The molecule has 0 atom stereocenters. The van der Waals surface area contributed by atoms with Crippen LogP contribution in [0.1, 0.15) is 12.5 Å². The Labute approximate surface area is 121 Å². The van der Waals surface area contributed by atoms with Crippen molar-refractivity contribution in [2.45, 2.75) is 6.92 Å². The number of hydrogen-bond donors (Lipinski definition) is 2. The molecule has 1 amide bonds. The first-order valence-electron chi connectivity index (χ1n) is 6.34. The Bertz CT molecular complexity index is 645. The fourth-order valence-electron chi connectivity index (χ4n) is 1.88. The molecule has 0 aliphatic carbocycles. The van der Waals surface area contributed by atoms with Crippen molar-refractivity contribution in [2.75, 3.05) is 13.7 Å². The fraction of sp³-hybridized carbons (Fsp3) is 0.200. The molecule has 0 unspecified atom stereocenters. The molecule has 110 valence electrons. The van der Waals surface area contributed by atoms with Crippen molar-refractivity contribution in [3.8, 4) is 5.75 Å². The number of aliphatic hydroxyl groups is 1. The van der Waals surface area contributed by atoms with Gasteiger partial charge in [-0.1, -0.05) is 12.1 Å². The van der Waals surface area contributed by atoms with Crippen LogP contribution in [-0.2, 0) is 14.3 Å². The molecule has 0 aromatic heterocycles. The normalized spacial score (nSPS) is 16.1. The van der Waals surface area contributed by atoms with Gasteiger partial charge < -0.3 is 19.9 Å². The molecule has 0 spiro atoms. The number of rotatable bonds is 4. The number of hydrogen-bond acceptors (Lipinski definition) is 5. The Morgan fingerprint density at radius 2 is 2.19 bits per heavy atom. The molecule has 0 saturated carbocycles. The molecule has 1 aliphatic rings. The van der Waals surface area contributed by atoms with Crippen LogP contribution in [0.15, 0.2) is 41.3 Å². The summed E-state index contributed by atoms with van der Waals surface area (Å²) in [7, 11) is 1.54. The lowest BCUT2D eigenvalue weighted by atomic mass is 10.1. The van der Waals surface area contributed by atoms with E-state index in [4.69, 9.17) is 9.47 Å². The molecule has 1 heterocycles. The summed E-state index contributed by atoms with van der Waals surface area (Å²) in [4.78, 5) is 23.3. The summed E-state index contributed by atoms with van der Waals surface area (Å²) in [6.07, 6.45) is 1.54. The van der Waals surface area contributed by atoms with E-state index < -0.39 is 17.6 Å². The molecule has 6 heteroatoms. The van der Waals surface area contributed by atoms with Crippen LogP contribution in [-0.4, -0.2) is 30.7 Å². The van der Waals surface area contributed by atoms with E-state index >= 15 is 0 Å². The molecule has 0 fully saturated rings. The molecule has 0 saturated heterocycles. The third-order valence-corrected chi connectivity index (χ3v) is 2.85. The molecule has 0 bridgehead atoms. The largest absolute Gasteiger partial charge is 0.505 e. The number of amides is 1. The number of methoxy groups -OCH3 is 1. The van der Waals surface area contributed by atoms with Crippen LogP contribution >= 0.6 is 0 Å². The Hall–Kier alpha value is -2.76. The highest BCUT2D eigenvalue weighted by Crippen LogP contribution is 2.23. The van der Waals surface area contributed by atoms with Crippen molar-refractivity contribution in [3.63, 3.8) is 0 Å². The summed E-state index contributed by atoms with van der Waals surface area (Å²) in [5.74, 6) is -1.30. The van der Waals surface area contributed by atoms with Crippen molar-refractivity contribution < 1.29 is 24.2 Å². The number of esters is 1. The molecule has 2 N–H and O–H groups in total.